The zero-order valence-corrected chi connectivity index (χ0v) is 12.3. The number of carbonyl (C=O) groups is 1. The number of amides is 1. The maximum atomic E-state index is 11.1. The number of hydrogen-bond donors (Lipinski definition) is 3. The van der Waals surface area contributed by atoms with Crippen LogP contribution in [0.5, 0.6) is 0 Å². The second-order valence-electron chi connectivity index (χ2n) is 6.33. The minimum atomic E-state index is -0.148. The van der Waals surface area contributed by atoms with E-state index in [4.69, 9.17) is 11.5 Å². The summed E-state index contributed by atoms with van der Waals surface area (Å²) < 4.78 is 0. The van der Waals surface area contributed by atoms with Gasteiger partial charge in [-0.25, -0.2) is 0 Å². The molecule has 0 atom stereocenters. The van der Waals surface area contributed by atoms with Gasteiger partial charge in [-0.05, 0) is 44.4 Å². The average Bonchev–Trinajstić information content (AvgIpc) is 2.46. The first kappa shape index (κ1) is 15.1. The zero-order chi connectivity index (χ0) is 14.4. The summed E-state index contributed by atoms with van der Waals surface area (Å²) in [7, 11) is 0. The number of guanidine groups is 1. The molecule has 2 aliphatic carbocycles. The van der Waals surface area contributed by atoms with Gasteiger partial charge in [-0.15, -0.1) is 0 Å². The number of primary amides is 1. The van der Waals surface area contributed by atoms with E-state index >= 15 is 0 Å². The average molecular weight is 280 g/mol. The van der Waals surface area contributed by atoms with Crippen molar-refractivity contribution in [2.24, 2.45) is 28.3 Å². The number of carbonyl (C=O) groups excluding carboxylic acids is 1. The first-order valence-corrected chi connectivity index (χ1v) is 8.01. The highest BCUT2D eigenvalue weighted by atomic mass is 16.1. The number of nitrogens with zero attached hydrogens (tertiary/aromatic N) is 1. The molecule has 20 heavy (non-hydrogen) atoms. The van der Waals surface area contributed by atoms with Gasteiger partial charge in [0.05, 0.1) is 0 Å². The van der Waals surface area contributed by atoms with Crippen LogP contribution in [-0.4, -0.2) is 24.5 Å². The van der Waals surface area contributed by atoms with E-state index in [2.05, 4.69) is 10.3 Å². The summed E-state index contributed by atoms with van der Waals surface area (Å²) in [6.07, 6.45) is 10.2. The van der Waals surface area contributed by atoms with E-state index in [0.717, 1.165) is 32.2 Å². The molecule has 0 aromatic rings. The fourth-order valence-electron chi connectivity index (χ4n) is 3.36. The standard InChI is InChI=1S/C15H28N4O/c16-14(20)12-8-6-11(7-9-12)10-18-15(17)19-13-4-2-1-3-5-13/h11-13H,1-10H2,(H2,16,20)(H3,17,18,19). The molecule has 2 rings (SSSR count). The Morgan fingerprint density at radius 1 is 1.00 bits per heavy atom. The number of rotatable bonds is 4. The summed E-state index contributed by atoms with van der Waals surface area (Å²) >= 11 is 0. The minimum absolute atomic E-state index is 0.0768. The number of aliphatic imine (C=N–C) groups is 1. The summed E-state index contributed by atoms with van der Waals surface area (Å²) in [5.74, 6) is 1.07. The molecule has 1 amide bonds. The van der Waals surface area contributed by atoms with Crippen LogP contribution in [0.25, 0.3) is 0 Å². The van der Waals surface area contributed by atoms with Crippen molar-refractivity contribution in [2.45, 2.75) is 63.8 Å². The van der Waals surface area contributed by atoms with E-state index in [0.29, 0.717) is 17.9 Å². The molecule has 114 valence electrons. The molecular formula is C15H28N4O. The summed E-state index contributed by atoms with van der Waals surface area (Å²) in [4.78, 5) is 15.6. The Morgan fingerprint density at radius 2 is 1.65 bits per heavy atom. The lowest BCUT2D eigenvalue weighted by atomic mass is 9.82. The van der Waals surface area contributed by atoms with Crippen molar-refractivity contribution in [1.82, 2.24) is 5.32 Å². The fraction of sp³-hybridized carbons (Fsp3) is 0.867. The molecule has 2 saturated carbocycles. The van der Waals surface area contributed by atoms with Gasteiger partial charge in [-0.3, -0.25) is 9.79 Å². The van der Waals surface area contributed by atoms with E-state index in [1.165, 1.54) is 32.1 Å². The first-order valence-electron chi connectivity index (χ1n) is 8.01. The predicted molar refractivity (Wildman–Crippen MR) is 81.1 cm³/mol. The number of hydrogen-bond acceptors (Lipinski definition) is 2. The van der Waals surface area contributed by atoms with Crippen LogP contribution in [0.4, 0.5) is 0 Å². The fourth-order valence-corrected chi connectivity index (χ4v) is 3.36. The van der Waals surface area contributed by atoms with E-state index in [1.807, 2.05) is 0 Å². The normalized spacial score (nSPS) is 29.1. The quantitative estimate of drug-likeness (QED) is 0.538. The molecule has 0 unspecified atom stereocenters. The van der Waals surface area contributed by atoms with Gasteiger partial charge in [-0.2, -0.15) is 0 Å². The molecule has 0 aliphatic heterocycles. The molecule has 2 aliphatic rings. The molecule has 0 bridgehead atoms. The number of nitrogens with two attached hydrogens (primary N) is 2. The van der Waals surface area contributed by atoms with Crippen molar-refractivity contribution in [3.63, 3.8) is 0 Å². The van der Waals surface area contributed by atoms with Crippen molar-refractivity contribution < 1.29 is 4.79 Å². The highest BCUT2D eigenvalue weighted by molar-refractivity contribution is 5.78. The van der Waals surface area contributed by atoms with Gasteiger partial charge in [-0.1, -0.05) is 19.3 Å². The van der Waals surface area contributed by atoms with Crippen LogP contribution in [-0.2, 0) is 4.79 Å². The van der Waals surface area contributed by atoms with Gasteiger partial charge in [0.1, 0.15) is 0 Å². The summed E-state index contributed by atoms with van der Waals surface area (Å²) in [5.41, 5.74) is 11.3. The smallest absolute Gasteiger partial charge is 0.220 e. The van der Waals surface area contributed by atoms with Crippen LogP contribution in [0.15, 0.2) is 4.99 Å². The Morgan fingerprint density at radius 3 is 2.25 bits per heavy atom. The third-order valence-corrected chi connectivity index (χ3v) is 4.73. The Kier molecular flexibility index (Phi) is 5.68. The van der Waals surface area contributed by atoms with Crippen molar-refractivity contribution in [1.29, 1.82) is 0 Å². The lowest BCUT2D eigenvalue weighted by molar-refractivity contribution is -0.122. The maximum Gasteiger partial charge on any atom is 0.220 e. The van der Waals surface area contributed by atoms with Crippen LogP contribution in [0.3, 0.4) is 0 Å². The maximum absolute atomic E-state index is 11.1. The van der Waals surface area contributed by atoms with Crippen LogP contribution < -0.4 is 16.8 Å². The molecule has 0 radical (unpaired) electrons. The van der Waals surface area contributed by atoms with Gasteiger partial charge in [0.2, 0.25) is 5.91 Å². The molecule has 2 fully saturated rings. The third kappa shape index (κ3) is 4.69. The SMILES string of the molecule is NC(=O)C1CCC(CN=C(N)NC2CCCCC2)CC1. The van der Waals surface area contributed by atoms with Crippen LogP contribution >= 0.6 is 0 Å². The Hall–Kier alpha value is -1.26. The predicted octanol–water partition coefficient (Wildman–Crippen LogP) is 1.52. The lowest BCUT2D eigenvalue weighted by Crippen LogP contribution is -2.41. The van der Waals surface area contributed by atoms with Crippen LogP contribution in [0.2, 0.25) is 0 Å². The summed E-state index contributed by atoms with van der Waals surface area (Å²) in [6, 6.07) is 0.512. The number of nitrogens with one attached hydrogen (secondary N) is 1. The first-order chi connectivity index (χ1) is 9.65. The highest BCUT2D eigenvalue weighted by Gasteiger charge is 2.24. The lowest BCUT2D eigenvalue weighted by Gasteiger charge is -2.26. The summed E-state index contributed by atoms with van der Waals surface area (Å²) in [6.45, 7) is 0.775. The molecule has 0 saturated heterocycles. The Labute approximate surface area is 121 Å². The van der Waals surface area contributed by atoms with Gasteiger partial charge in [0.15, 0.2) is 5.96 Å². The molecule has 5 N–H and O–H groups in total. The van der Waals surface area contributed by atoms with Gasteiger partial charge >= 0.3 is 0 Å². The van der Waals surface area contributed by atoms with Crippen LogP contribution in [0, 0.1) is 11.8 Å². The summed E-state index contributed by atoms with van der Waals surface area (Å²) in [5, 5.41) is 3.34. The van der Waals surface area contributed by atoms with E-state index < -0.39 is 0 Å². The van der Waals surface area contributed by atoms with Crippen molar-refractivity contribution >= 4 is 11.9 Å². The molecule has 0 aromatic carbocycles. The van der Waals surface area contributed by atoms with Crippen molar-refractivity contribution in [3.8, 4) is 0 Å². The van der Waals surface area contributed by atoms with Crippen LogP contribution in [0.1, 0.15) is 57.8 Å². The van der Waals surface area contributed by atoms with E-state index in [1.54, 1.807) is 0 Å². The minimum Gasteiger partial charge on any atom is -0.370 e. The van der Waals surface area contributed by atoms with Crippen molar-refractivity contribution in [3.05, 3.63) is 0 Å². The van der Waals surface area contributed by atoms with E-state index in [9.17, 15) is 4.79 Å². The van der Waals surface area contributed by atoms with Gasteiger partial charge in [0.25, 0.3) is 0 Å². The van der Waals surface area contributed by atoms with Gasteiger partial charge in [0, 0.05) is 18.5 Å². The molecule has 0 spiro atoms. The molecule has 0 heterocycles. The topological polar surface area (TPSA) is 93.5 Å². The molecule has 5 nitrogen and oxygen atoms in total. The molecular weight excluding hydrogens is 252 g/mol. The Bertz CT molecular complexity index is 342. The Balaban J connectivity index is 1.68. The van der Waals surface area contributed by atoms with Crippen molar-refractivity contribution in [2.75, 3.05) is 6.54 Å². The van der Waals surface area contributed by atoms with E-state index in [-0.39, 0.29) is 11.8 Å². The highest BCUT2D eigenvalue weighted by Crippen LogP contribution is 2.28. The zero-order valence-electron chi connectivity index (χ0n) is 12.3. The van der Waals surface area contributed by atoms with Gasteiger partial charge < -0.3 is 16.8 Å². The third-order valence-electron chi connectivity index (χ3n) is 4.73. The molecule has 0 aromatic heterocycles. The largest absolute Gasteiger partial charge is 0.370 e. The second kappa shape index (κ2) is 7.50. The second-order valence-corrected chi connectivity index (χ2v) is 6.33. The monoisotopic (exact) mass is 280 g/mol. The molecule has 5 heteroatoms.